The molecule has 8 heteroatoms. The van der Waals surface area contributed by atoms with Crippen molar-refractivity contribution in [3.63, 3.8) is 0 Å². The van der Waals surface area contributed by atoms with Gasteiger partial charge in [0.15, 0.2) is 17.3 Å². The number of rotatable bonds is 0. The van der Waals surface area contributed by atoms with Gasteiger partial charge in [0.25, 0.3) is 0 Å². The molecule has 3 rings (SSSR count). The molecule has 1 saturated heterocycles. The molecule has 1 aromatic heterocycles. The normalized spacial score (nSPS) is 22.9. The SMILES string of the molecule is CC(C)(C)N1CCN2c3ncc(C(F)(F)F)nc3NCC[C@H]2C1. The van der Waals surface area contributed by atoms with E-state index in [-0.39, 0.29) is 17.4 Å². The third kappa shape index (κ3) is 3.22. The van der Waals surface area contributed by atoms with Crippen LogP contribution in [0.3, 0.4) is 0 Å². The van der Waals surface area contributed by atoms with Gasteiger partial charge in [-0.2, -0.15) is 13.2 Å². The zero-order valence-corrected chi connectivity index (χ0v) is 13.6. The van der Waals surface area contributed by atoms with Gasteiger partial charge in [0, 0.05) is 37.8 Å². The zero-order valence-electron chi connectivity index (χ0n) is 13.6. The Balaban J connectivity index is 1.88. The molecule has 0 saturated carbocycles. The van der Waals surface area contributed by atoms with E-state index in [2.05, 4.69) is 45.9 Å². The zero-order chi connectivity index (χ0) is 16.8. The molecule has 2 aliphatic rings. The van der Waals surface area contributed by atoms with Crippen LogP contribution in [0, 0.1) is 0 Å². The fourth-order valence-electron chi connectivity index (χ4n) is 3.20. The van der Waals surface area contributed by atoms with Crippen LogP contribution in [0.2, 0.25) is 0 Å². The van der Waals surface area contributed by atoms with Crippen LogP contribution in [-0.4, -0.2) is 52.6 Å². The lowest BCUT2D eigenvalue weighted by Crippen LogP contribution is -2.58. The van der Waals surface area contributed by atoms with E-state index in [1.807, 2.05) is 0 Å². The van der Waals surface area contributed by atoms with Gasteiger partial charge in [-0.25, -0.2) is 9.97 Å². The van der Waals surface area contributed by atoms with Gasteiger partial charge in [-0.3, -0.25) is 4.90 Å². The summed E-state index contributed by atoms with van der Waals surface area (Å²) < 4.78 is 38.5. The summed E-state index contributed by atoms with van der Waals surface area (Å²) in [4.78, 5) is 12.3. The van der Waals surface area contributed by atoms with Gasteiger partial charge < -0.3 is 10.2 Å². The van der Waals surface area contributed by atoms with Gasteiger partial charge in [0.1, 0.15) is 0 Å². The average Bonchev–Trinajstić information content (AvgIpc) is 2.63. The summed E-state index contributed by atoms with van der Waals surface area (Å²) in [5.74, 6) is 0.778. The Bertz CT molecular complexity index is 581. The molecule has 0 aliphatic carbocycles. The second-order valence-electron chi connectivity index (χ2n) is 7.10. The first-order valence-electron chi connectivity index (χ1n) is 7.86. The van der Waals surface area contributed by atoms with Gasteiger partial charge >= 0.3 is 6.18 Å². The Hall–Kier alpha value is -1.57. The van der Waals surface area contributed by atoms with E-state index in [1.165, 1.54) is 0 Å². The average molecular weight is 329 g/mol. The highest BCUT2D eigenvalue weighted by molar-refractivity contribution is 5.63. The third-order valence-corrected chi connectivity index (χ3v) is 4.52. The first-order chi connectivity index (χ1) is 10.7. The van der Waals surface area contributed by atoms with Crippen molar-refractivity contribution in [3.8, 4) is 0 Å². The van der Waals surface area contributed by atoms with Crippen molar-refractivity contribution in [2.45, 2.75) is 44.9 Å². The molecule has 0 unspecified atom stereocenters. The molecule has 1 fully saturated rings. The maximum atomic E-state index is 12.8. The summed E-state index contributed by atoms with van der Waals surface area (Å²) in [5.41, 5.74) is -0.865. The molecule has 0 amide bonds. The second kappa shape index (κ2) is 5.51. The molecule has 0 aromatic carbocycles. The van der Waals surface area contributed by atoms with Crippen molar-refractivity contribution in [1.29, 1.82) is 0 Å². The molecule has 2 aliphatic heterocycles. The number of aromatic nitrogens is 2. The summed E-state index contributed by atoms with van der Waals surface area (Å²) in [6, 6.07) is 0.239. The van der Waals surface area contributed by atoms with Crippen LogP contribution in [0.1, 0.15) is 32.9 Å². The smallest absolute Gasteiger partial charge is 0.367 e. The highest BCUT2D eigenvalue weighted by atomic mass is 19.4. The van der Waals surface area contributed by atoms with E-state index in [9.17, 15) is 13.2 Å². The molecule has 1 aromatic rings. The van der Waals surface area contributed by atoms with Crippen molar-refractivity contribution >= 4 is 11.6 Å². The number of hydrogen-bond donors (Lipinski definition) is 1. The second-order valence-corrected chi connectivity index (χ2v) is 7.10. The summed E-state index contributed by atoms with van der Waals surface area (Å²) in [7, 11) is 0. The summed E-state index contributed by atoms with van der Waals surface area (Å²) >= 11 is 0. The van der Waals surface area contributed by atoms with E-state index < -0.39 is 11.9 Å². The van der Waals surface area contributed by atoms with Gasteiger partial charge in [0.05, 0.1) is 6.20 Å². The van der Waals surface area contributed by atoms with E-state index in [0.29, 0.717) is 12.4 Å². The topological polar surface area (TPSA) is 44.3 Å². The maximum Gasteiger partial charge on any atom is 0.434 e. The number of alkyl halides is 3. The van der Waals surface area contributed by atoms with Crippen molar-refractivity contribution in [1.82, 2.24) is 14.9 Å². The Kier molecular flexibility index (Phi) is 3.90. The van der Waals surface area contributed by atoms with E-state index in [4.69, 9.17) is 0 Å². The van der Waals surface area contributed by atoms with Crippen LogP contribution >= 0.6 is 0 Å². The Labute approximate surface area is 133 Å². The van der Waals surface area contributed by atoms with Crippen LogP contribution in [0.25, 0.3) is 0 Å². The lowest BCUT2D eigenvalue weighted by Gasteiger charge is -2.46. The number of piperazine rings is 1. The van der Waals surface area contributed by atoms with Crippen LogP contribution in [0.5, 0.6) is 0 Å². The van der Waals surface area contributed by atoms with E-state index >= 15 is 0 Å². The third-order valence-electron chi connectivity index (χ3n) is 4.52. The molecule has 0 radical (unpaired) electrons. The van der Waals surface area contributed by atoms with Crippen molar-refractivity contribution in [2.24, 2.45) is 0 Å². The number of nitrogens with zero attached hydrogens (tertiary/aromatic N) is 4. The minimum atomic E-state index is -4.47. The summed E-state index contributed by atoms with van der Waals surface area (Å²) in [6.45, 7) is 9.64. The highest BCUT2D eigenvalue weighted by Gasteiger charge is 2.38. The molecule has 0 spiro atoms. The number of fused-ring (bicyclic) bond motifs is 3. The molecule has 23 heavy (non-hydrogen) atoms. The molecular formula is C15H22F3N5. The fourth-order valence-corrected chi connectivity index (χ4v) is 3.20. The van der Waals surface area contributed by atoms with Gasteiger partial charge in [-0.05, 0) is 27.2 Å². The number of halogens is 3. The first-order valence-corrected chi connectivity index (χ1v) is 7.86. The van der Waals surface area contributed by atoms with Gasteiger partial charge in [0.2, 0.25) is 0 Å². The summed E-state index contributed by atoms with van der Waals surface area (Å²) in [5, 5.41) is 3.01. The molecule has 0 bridgehead atoms. The van der Waals surface area contributed by atoms with E-state index in [1.54, 1.807) is 0 Å². The molecule has 5 nitrogen and oxygen atoms in total. The fraction of sp³-hybridized carbons (Fsp3) is 0.733. The first kappa shape index (κ1) is 16.3. The summed E-state index contributed by atoms with van der Waals surface area (Å²) in [6.07, 6.45) is -2.79. The monoisotopic (exact) mass is 329 g/mol. The Morgan fingerprint density at radius 3 is 2.61 bits per heavy atom. The number of nitrogens with one attached hydrogen (secondary N) is 1. The van der Waals surface area contributed by atoms with Gasteiger partial charge in [-0.1, -0.05) is 0 Å². The minimum Gasteiger partial charge on any atom is -0.367 e. The van der Waals surface area contributed by atoms with Crippen LogP contribution in [-0.2, 0) is 6.18 Å². The maximum absolute atomic E-state index is 12.8. The van der Waals surface area contributed by atoms with Crippen molar-refractivity contribution in [3.05, 3.63) is 11.9 Å². The lowest BCUT2D eigenvalue weighted by molar-refractivity contribution is -0.141. The largest absolute Gasteiger partial charge is 0.434 e. The molecule has 1 atom stereocenters. The lowest BCUT2D eigenvalue weighted by atomic mass is 10.0. The molecule has 128 valence electrons. The van der Waals surface area contributed by atoms with E-state index in [0.717, 1.165) is 32.3 Å². The number of hydrogen-bond acceptors (Lipinski definition) is 5. The molecular weight excluding hydrogens is 307 g/mol. The van der Waals surface area contributed by atoms with Crippen LogP contribution < -0.4 is 10.2 Å². The minimum absolute atomic E-state index is 0.0838. The van der Waals surface area contributed by atoms with Crippen molar-refractivity contribution < 1.29 is 13.2 Å². The van der Waals surface area contributed by atoms with Crippen LogP contribution in [0.4, 0.5) is 24.8 Å². The Morgan fingerprint density at radius 2 is 1.96 bits per heavy atom. The predicted octanol–water partition coefficient (Wildman–Crippen LogP) is 2.60. The predicted molar refractivity (Wildman–Crippen MR) is 82.6 cm³/mol. The standard InChI is InChI=1S/C15H22F3N5/c1-14(2,3)22-6-7-23-10(9-22)4-5-19-12-13(23)20-8-11(21-12)15(16,17)18/h8,10H,4-7,9H2,1-3H3,(H,19,21)/t10-/m0/s1. The van der Waals surface area contributed by atoms with Gasteiger partial charge in [-0.15, -0.1) is 0 Å². The van der Waals surface area contributed by atoms with Crippen molar-refractivity contribution in [2.75, 3.05) is 36.4 Å². The molecule has 1 N–H and O–H groups in total. The Morgan fingerprint density at radius 1 is 1.22 bits per heavy atom. The molecule has 3 heterocycles. The number of anilines is 2. The quantitative estimate of drug-likeness (QED) is 0.793. The highest BCUT2D eigenvalue weighted by Crippen LogP contribution is 2.34. The van der Waals surface area contributed by atoms with Crippen LogP contribution in [0.15, 0.2) is 6.20 Å².